The molecule has 4 rings (SSSR count). The van der Waals surface area contributed by atoms with Crippen molar-refractivity contribution in [3.8, 4) is 0 Å². The Bertz CT molecular complexity index is 1250. The first-order chi connectivity index (χ1) is 16.6. The number of alkyl halides is 3. The van der Waals surface area contributed by atoms with Crippen LogP contribution in [0.1, 0.15) is 15.9 Å². The number of halogens is 3. The molecular weight excluding hydrogens is 481 g/mol. The Balaban J connectivity index is 1.52. The van der Waals surface area contributed by atoms with Crippen molar-refractivity contribution in [1.29, 1.82) is 0 Å². The summed E-state index contributed by atoms with van der Waals surface area (Å²) in [6.07, 6.45) is 2.90. The smallest absolute Gasteiger partial charge is 0.311 e. The molecule has 2 heterocycles. The van der Waals surface area contributed by atoms with Crippen molar-refractivity contribution >= 4 is 41.0 Å². The van der Waals surface area contributed by atoms with E-state index in [1.807, 2.05) is 6.07 Å². The van der Waals surface area contributed by atoms with Gasteiger partial charge in [0.2, 0.25) is 0 Å². The molecule has 7 nitrogen and oxygen atoms in total. The topological polar surface area (TPSA) is 73.8 Å². The predicted molar refractivity (Wildman–Crippen MR) is 125 cm³/mol. The van der Waals surface area contributed by atoms with Crippen LogP contribution in [0.4, 0.5) is 29.3 Å². The number of hydrogen-bond donors (Lipinski definition) is 0. The Kier molecular flexibility index (Phi) is 6.79. The lowest BCUT2D eigenvalue weighted by atomic mass is 10.1. The van der Waals surface area contributed by atoms with Gasteiger partial charge >= 0.3 is 11.5 Å². The quantitative estimate of drug-likeness (QED) is 0.354. The molecule has 4 amide bonds. The highest BCUT2D eigenvalue weighted by Gasteiger charge is 2.38. The summed E-state index contributed by atoms with van der Waals surface area (Å²) in [5.41, 5.74) is -2.80. The molecule has 0 N–H and O–H groups in total. The largest absolute Gasteiger partial charge is 0.446 e. The van der Waals surface area contributed by atoms with Crippen LogP contribution in [-0.2, 0) is 11.3 Å². The van der Waals surface area contributed by atoms with Gasteiger partial charge in [0.25, 0.3) is 11.8 Å². The van der Waals surface area contributed by atoms with E-state index in [0.29, 0.717) is 11.3 Å². The highest BCUT2D eigenvalue weighted by atomic mass is 32.2. The van der Waals surface area contributed by atoms with Gasteiger partial charge in [0.05, 0.1) is 11.3 Å². The second kappa shape index (κ2) is 9.79. The molecule has 0 bridgehead atoms. The van der Waals surface area contributed by atoms with E-state index in [4.69, 9.17) is 0 Å². The summed E-state index contributed by atoms with van der Waals surface area (Å²) in [7, 11) is 1.63. The van der Waals surface area contributed by atoms with Gasteiger partial charge in [-0.1, -0.05) is 18.2 Å². The third-order valence-electron chi connectivity index (χ3n) is 5.32. The number of imide groups is 1. The van der Waals surface area contributed by atoms with Crippen molar-refractivity contribution in [2.45, 2.75) is 16.9 Å². The van der Waals surface area contributed by atoms with Crippen molar-refractivity contribution < 1.29 is 27.6 Å². The van der Waals surface area contributed by atoms with Gasteiger partial charge in [-0.25, -0.2) is 9.69 Å². The first-order valence-corrected chi connectivity index (χ1v) is 11.2. The zero-order chi connectivity index (χ0) is 25.2. The fourth-order valence-electron chi connectivity index (χ4n) is 3.63. The van der Waals surface area contributed by atoms with Crippen molar-refractivity contribution in [3.05, 3.63) is 84.2 Å². The van der Waals surface area contributed by atoms with E-state index in [0.717, 1.165) is 4.90 Å². The van der Waals surface area contributed by atoms with Gasteiger partial charge in [0, 0.05) is 36.6 Å². The second-order valence-electron chi connectivity index (χ2n) is 7.64. The van der Waals surface area contributed by atoms with Crippen molar-refractivity contribution in [2.75, 3.05) is 23.4 Å². The van der Waals surface area contributed by atoms with Crippen LogP contribution in [0, 0.1) is 0 Å². The minimum atomic E-state index is -4.44. The maximum Gasteiger partial charge on any atom is 0.446 e. The number of carbonyl (C=O) groups excluding carboxylic acids is 3. The van der Waals surface area contributed by atoms with Gasteiger partial charge in [0.1, 0.15) is 6.54 Å². The molecule has 180 valence electrons. The van der Waals surface area contributed by atoms with Crippen molar-refractivity contribution in [1.82, 2.24) is 9.88 Å². The van der Waals surface area contributed by atoms with Gasteiger partial charge in [-0.15, -0.1) is 0 Å². The summed E-state index contributed by atoms with van der Waals surface area (Å²) in [5, 5.41) is 0. The van der Waals surface area contributed by atoms with Crippen LogP contribution in [0.25, 0.3) is 0 Å². The molecule has 0 unspecified atom stereocenters. The van der Waals surface area contributed by atoms with Crippen molar-refractivity contribution in [2.24, 2.45) is 0 Å². The Labute approximate surface area is 203 Å². The number of pyridine rings is 1. The van der Waals surface area contributed by atoms with E-state index in [1.165, 1.54) is 46.5 Å². The summed E-state index contributed by atoms with van der Waals surface area (Å²) in [4.78, 5) is 46.4. The number of para-hydroxylation sites is 1. The van der Waals surface area contributed by atoms with Gasteiger partial charge in [0.15, 0.2) is 0 Å². The summed E-state index contributed by atoms with van der Waals surface area (Å²) < 4.78 is 37.7. The monoisotopic (exact) mass is 500 g/mol. The average molecular weight is 501 g/mol. The lowest BCUT2D eigenvalue weighted by molar-refractivity contribution is -0.116. The molecule has 0 atom stereocenters. The number of urea groups is 1. The highest BCUT2D eigenvalue weighted by molar-refractivity contribution is 8.00. The maximum atomic E-state index is 13.1. The zero-order valence-electron chi connectivity index (χ0n) is 18.4. The van der Waals surface area contributed by atoms with Gasteiger partial charge < -0.3 is 9.80 Å². The Morgan fingerprint density at radius 3 is 2.40 bits per heavy atom. The summed E-state index contributed by atoms with van der Waals surface area (Å²) in [6, 6.07) is 15.0. The average Bonchev–Trinajstić information content (AvgIpc) is 3.11. The van der Waals surface area contributed by atoms with E-state index in [1.54, 1.807) is 37.4 Å². The fraction of sp³-hybridized carbons (Fsp3) is 0.167. The number of rotatable bonds is 6. The third-order valence-corrected chi connectivity index (χ3v) is 6.06. The fourth-order valence-corrected chi connectivity index (χ4v) is 4.17. The van der Waals surface area contributed by atoms with Gasteiger partial charge in [-0.3, -0.25) is 14.6 Å². The number of carbonyl (C=O) groups is 3. The first-order valence-electron chi connectivity index (χ1n) is 10.4. The summed E-state index contributed by atoms with van der Waals surface area (Å²) in [6.45, 7) is -0.252. The van der Waals surface area contributed by atoms with Crippen LogP contribution in [0.3, 0.4) is 0 Å². The number of amides is 4. The Morgan fingerprint density at radius 2 is 1.74 bits per heavy atom. The highest BCUT2D eigenvalue weighted by Crippen LogP contribution is 2.37. The molecule has 1 aliphatic heterocycles. The molecule has 1 saturated heterocycles. The van der Waals surface area contributed by atoms with E-state index in [9.17, 15) is 27.6 Å². The molecule has 1 aromatic heterocycles. The third kappa shape index (κ3) is 5.46. The van der Waals surface area contributed by atoms with E-state index in [2.05, 4.69) is 4.98 Å². The summed E-state index contributed by atoms with van der Waals surface area (Å²) in [5.74, 6) is -0.846. The van der Waals surface area contributed by atoms with Crippen molar-refractivity contribution in [3.63, 3.8) is 0 Å². The van der Waals surface area contributed by atoms with Crippen LogP contribution in [-0.4, -0.2) is 46.8 Å². The second-order valence-corrected chi connectivity index (χ2v) is 8.78. The Morgan fingerprint density at radius 1 is 1.06 bits per heavy atom. The zero-order valence-corrected chi connectivity index (χ0v) is 19.2. The Hall–Kier alpha value is -3.86. The van der Waals surface area contributed by atoms with E-state index < -0.39 is 17.4 Å². The molecule has 3 aromatic rings. The molecule has 0 radical (unpaired) electrons. The molecule has 11 heteroatoms. The minimum Gasteiger partial charge on any atom is -0.311 e. The lowest BCUT2D eigenvalue weighted by Crippen LogP contribution is -2.33. The lowest BCUT2D eigenvalue weighted by Gasteiger charge is -2.21. The number of anilines is 2. The van der Waals surface area contributed by atoms with E-state index in [-0.39, 0.29) is 46.9 Å². The molecule has 35 heavy (non-hydrogen) atoms. The number of hydrogen-bond acceptors (Lipinski definition) is 5. The van der Waals surface area contributed by atoms with Crippen LogP contribution in [0.2, 0.25) is 0 Å². The number of aromatic nitrogens is 1. The van der Waals surface area contributed by atoms with Gasteiger partial charge in [-0.05, 0) is 59.8 Å². The summed E-state index contributed by atoms with van der Waals surface area (Å²) >= 11 is -0.280. The van der Waals surface area contributed by atoms with Gasteiger partial charge in [-0.2, -0.15) is 13.2 Å². The number of nitrogens with zero attached hydrogens (tertiary/aromatic N) is 4. The SMILES string of the molecule is CN(C(=O)c1cnccc1CN1CC(=O)N(c2ccc(SC(F)(F)F)cc2)C1=O)c1ccccc1. The van der Waals surface area contributed by atoms with Crippen LogP contribution in [0.5, 0.6) is 0 Å². The normalized spacial score (nSPS) is 13.9. The standard InChI is InChI=1S/C24H19F3N4O3S/c1-29(17-5-3-2-4-6-17)22(33)20-13-28-12-11-16(20)14-30-15-21(32)31(23(30)34)18-7-9-19(10-8-18)35-24(25,26)27/h2-13H,14-15H2,1H3. The van der Waals surface area contributed by atoms with Crippen LogP contribution in [0.15, 0.2) is 78.0 Å². The van der Waals surface area contributed by atoms with E-state index >= 15 is 0 Å². The molecule has 0 spiro atoms. The molecule has 1 aliphatic rings. The molecule has 0 saturated carbocycles. The molecule has 2 aromatic carbocycles. The minimum absolute atomic E-state index is 0.0185. The molecule has 1 fully saturated rings. The number of benzene rings is 2. The number of thioether (sulfide) groups is 1. The van der Waals surface area contributed by atoms with Crippen LogP contribution >= 0.6 is 11.8 Å². The maximum absolute atomic E-state index is 13.1. The van der Waals surface area contributed by atoms with Crippen LogP contribution < -0.4 is 9.80 Å². The predicted octanol–water partition coefficient (Wildman–Crippen LogP) is 4.94. The molecular formula is C24H19F3N4O3S. The molecule has 0 aliphatic carbocycles. The first kappa shape index (κ1) is 24.3.